The topological polar surface area (TPSA) is 46.1 Å². The molecule has 2 heterocycles. The number of fused-ring (bicyclic) bond motifs is 1. The molecule has 4 nitrogen and oxygen atoms in total. The maximum atomic E-state index is 12.3. The number of carbonyl (C=O) groups is 1. The fraction of sp³-hybridized carbons (Fsp3) is 0.308. The van der Waals surface area contributed by atoms with Gasteiger partial charge in [-0.25, -0.2) is 0 Å². The zero-order chi connectivity index (χ0) is 13.2. The molecule has 0 radical (unpaired) electrons. The number of nitrogens with zero attached hydrogens (tertiary/aromatic N) is 3. The molecule has 0 bridgehead atoms. The molecule has 1 aliphatic rings. The van der Waals surface area contributed by atoms with Gasteiger partial charge in [-0.15, -0.1) is 10.2 Å². The molecule has 0 saturated heterocycles. The van der Waals surface area contributed by atoms with Gasteiger partial charge in [-0.05, 0) is 35.6 Å². The highest BCUT2D eigenvalue weighted by Gasteiger charge is 2.22. The monoisotopic (exact) mass is 293 g/mol. The van der Waals surface area contributed by atoms with Crippen molar-refractivity contribution in [2.75, 3.05) is 13.1 Å². The third kappa shape index (κ3) is 2.62. The zero-order valence-electron chi connectivity index (χ0n) is 10.2. The number of halogens is 1. The summed E-state index contributed by atoms with van der Waals surface area (Å²) in [7, 11) is 0. The molecule has 19 heavy (non-hydrogen) atoms. The minimum absolute atomic E-state index is 0.0720. The summed E-state index contributed by atoms with van der Waals surface area (Å²) in [5.41, 5.74) is 2.65. The van der Waals surface area contributed by atoms with E-state index in [2.05, 4.69) is 22.3 Å². The summed E-state index contributed by atoms with van der Waals surface area (Å²) in [6, 6.07) is 8.35. The van der Waals surface area contributed by atoms with Gasteiger partial charge in [-0.3, -0.25) is 4.79 Å². The maximum absolute atomic E-state index is 12.3. The number of benzene rings is 1. The molecule has 0 unspecified atom stereocenters. The van der Waals surface area contributed by atoms with E-state index in [4.69, 9.17) is 11.6 Å². The van der Waals surface area contributed by atoms with E-state index in [1.165, 1.54) is 11.1 Å². The summed E-state index contributed by atoms with van der Waals surface area (Å²) in [4.78, 5) is 14.1. The van der Waals surface area contributed by atoms with Gasteiger partial charge >= 0.3 is 0 Å². The summed E-state index contributed by atoms with van der Waals surface area (Å²) in [5.74, 6) is -0.0720. The Morgan fingerprint density at radius 2 is 1.79 bits per heavy atom. The molecule has 3 rings (SSSR count). The van der Waals surface area contributed by atoms with Crippen molar-refractivity contribution in [1.29, 1.82) is 0 Å². The van der Waals surface area contributed by atoms with Gasteiger partial charge in [-0.1, -0.05) is 35.6 Å². The van der Waals surface area contributed by atoms with Crippen LogP contribution in [0.4, 0.5) is 0 Å². The van der Waals surface area contributed by atoms with Crippen molar-refractivity contribution < 1.29 is 4.79 Å². The molecule has 0 N–H and O–H groups in total. The summed E-state index contributed by atoms with van der Waals surface area (Å²) in [6.07, 6.45) is 1.77. The predicted molar refractivity (Wildman–Crippen MR) is 74.7 cm³/mol. The Labute approximate surface area is 120 Å². The van der Waals surface area contributed by atoms with E-state index in [0.29, 0.717) is 22.6 Å². The number of amides is 1. The van der Waals surface area contributed by atoms with Crippen molar-refractivity contribution >= 4 is 28.8 Å². The van der Waals surface area contributed by atoms with Gasteiger partial charge in [0.2, 0.25) is 9.47 Å². The summed E-state index contributed by atoms with van der Waals surface area (Å²) >= 11 is 6.85. The van der Waals surface area contributed by atoms with E-state index in [1.54, 1.807) is 0 Å². The van der Waals surface area contributed by atoms with Crippen molar-refractivity contribution in [1.82, 2.24) is 15.1 Å². The van der Waals surface area contributed by atoms with Crippen LogP contribution in [0.3, 0.4) is 0 Å². The van der Waals surface area contributed by atoms with Gasteiger partial charge in [0.15, 0.2) is 0 Å². The van der Waals surface area contributed by atoms with Crippen molar-refractivity contribution in [3.63, 3.8) is 0 Å². The lowest BCUT2D eigenvalue weighted by atomic mass is 10.0. The highest BCUT2D eigenvalue weighted by molar-refractivity contribution is 7.17. The lowest BCUT2D eigenvalue weighted by Gasteiger charge is -2.18. The standard InChI is InChI=1S/C13H12ClN3OS/c14-13-16-15-11(19-13)12(18)17-7-5-9-3-1-2-4-10(9)6-8-17/h1-4H,5-8H2. The highest BCUT2D eigenvalue weighted by atomic mass is 35.5. The molecule has 6 heteroatoms. The molecule has 0 atom stereocenters. The van der Waals surface area contributed by atoms with Gasteiger partial charge in [-0.2, -0.15) is 0 Å². The van der Waals surface area contributed by atoms with E-state index in [0.717, 1.165) is 24.2 Å². The van der Waals surface area contributed by atoms with E-state index in [9.17, 15) is 4.79 Å². The van der Waals surface area contributed by atoms with Crippen LogP contribution in [0.5, 0.6) is 0 Å². The van der Waals surface area contributed by atoms with Crippen LogP contribution in [0.15, 0.2) is 24.3 Å². The quantitative estimate of drug-likeness (QED) is 0.811. The van der Waals surface area contributed by atoms with Crippen LogP contribution in [0.25, 0.3) is 0 Å². The van der Waals surface area contributed by atoms with Crippen molar-refractivity contribution in [2.24, 2.45) is 0 Å². The maximum Gasteiger partial charge on any atom is 0.284 e. The first-order valence-electron chi connectivity index (χ1n) is 6.09. The average Bonchev–Trinajstić information content (AvgIpc) is 2.74. The van der Waals surface area contributed by atoms with Gasteiger partial charge in [0, 0.05) is 13.1 Å². The van der Waals surface area contributed by atoms with E-state index < -0.39 is 0 Å². The third-order valence-electron chi connectivity index (χ3n) is 3.29. The third-order valence-corrected chi connectivity index (χ3v) is 4.30. The average molecular weight is 294 g/mol. The molecular formula is C13H12ClN3OS. The normalized spacial score (nSPS) is 14.9. The second-order valence-electron chi connectivity index (χ2n) is 4.42. The molecule has 2 aromatic rings. The molecule has 98 valence electrons. The second kappa shape index (κ2) is 5.27. The van der Waals surface area contributed by atoms with Crippen LogP contribution < -0.4 is 0 Å². The Morgan fingerprint density at radius 1 is 1.16 bits per heavy atom. The van der Waals surface area contributed by atoms with Gasteiger partial charge < -0.3 is 4.90 Å². The molecule has 1 amide bonds. The Morgan fingerprint density at radius 3 is 2.32 bits per heavy atom. The molecule has 1 aliphatic heterocycles. The first kappa shape index (κ1) is 12.6. The molecule has 0 spiro atoms. The first-order chi connectivity index (χ1) is 9.24. The summed E-state index contributed by atoms with van der Waals surface area (Å²) < 4.78 is 0.307. The van der Waals surface area contributed by atoms with Crippen molar-refractivity contribution in [3.8, 4) is 0 Å². The van der Waals surface area contributed by atoms with Crippen molar-refractivity contribution in [2.45, 2.75) is 12.8 Å². The van der Waals surface area contributed by atoms with Crippen LogP contribution >= 0.6 is 22.9 Å². The van der Waals surface area contributed by atoms with Gasteiger partial charge in [0.05, 0.1) is 0 Å². The molecule has 0 saturated carbocycles. The minimum Gasteiger partial charge on any atom is -0.336 e. The van der Waals surface area contributed by atoms with Crippen LogP contribution in [0.2, 0.25) is 4.47 Å². The zero-order valence-corrected chi connectivity index (χ0v) is 11.7. The van der Waals surface area contributed by atoms with Crippen LogP contribution in [0, 0.1) is 0 Å². The number of hydrogen-bond donors (Lipinski definition) is 0. The largest absolute Gasteiger partial charge is 0.336 e. The SMILES string of the molecule is O=C(c1nnc(Cl)s1)N1CCc2ccccc2CC1. The van der Waals surface area contributed by atoms with Crippen LogP contribution in [-0.2, 0) is 12.8 Å². The van der Waals surface area contributed by atoms with E-state index in [1.807, 2.05) is 17.0 Å². The number of hydrogen-bond acceptors (Lipinski definition) is 4. The predicted octanol–water partition coefficient (Wildman–Crippen LogP) is 2.43. The summed E-state index contributed by atoms with van der Waals surface area (Å²) in [6.45, 7) is 1.43. The van der Waals surface area contributed by atoms with Crippen LogP contribution in [0.1, 0.15) is 20.9 Å². The molecule has 1 aromatic heterocycles. The Bertz CT molecular complexity index is 586. The lowest BCUT2D eigenvalue weighted by molar-refractivity contribution is 0.0762. The fourth-order valence-electron chi connectivity index (χ4n) is 2.30. The fourth-order valence-corrected chi connectivity index (χ4v) is 3.09. The van der Waals surface area contributed by atoms with E-state index >= 15 is 0 Å². The van der Waals surface area contributed by atoms with Crippen LogP contribution in [-0.4, -0.2) is 34.1 Å². The lowest BCUT2D eigenvalue weighted by Crippen LogP contribution is -2.33. The Hall–Kier alpha value is -1.46. The van der Waals surface area contributed by atoms with E-state index in [-0.39, 0.29) is 5.91 Å². The Kier molecular flexibility index (Phi) is 3.48. The second-order valence-corrected chi connectivity index (χ2v) is 5.98. The number of aromatic nitrogens is 2. The Balaban J connectivity index is 1.77. The smallest absolute Gasteiger partial charge is 0.284 e. The van der Waals surface area contributed by atoms with Crippen molar-refractivity contribution in [3.05, 3.63) is 44.9 Å². The molecular weight excluding hydrogens is 282 g/mol. The molecule has 0 aliphatic carbocycles. The van der Waals surface area contributed by atoms with Gasteiger partial charge in [0.25, 0.3) is 5.91 Å². The first-order valence-corrected chi connectivity index (χ1v) is 7.28. The number of rotatable bonds is 1. The number of carbonyl (C=O) groups excluding carboxylic acids is 1. The summed E-state index contributed by atoms with van der Waals surface area (Å²) in [5, 5.41) is 7.87. The highest BCUT2D eigenvalue weighted by Crippen LogP contribution is 2.20. The van der Waals surface area contributed by atoms with Gasteiger partial charge in [0.1, 0.15) is 0 Å². The molecule has 0 fully saturated rings. The molecule has 1 aromatic carbocycles. The minimum atomic E-state index is -0.0720.